The van der Waals surface area contributed by atoms with Gasteiger partial charge in [0.2, 0.25) is 0 Å². The maximum atomic E-state index is 13.3. The average molecular weight is 398 g/mol. The van der Waals surface area contributed by atoms with Crippen LogP contribution in [0.15, 0.2) is 42.5 Å². The molecule has 0 saturated carbocycles. The molecule has 156 valence electrons. The molecule has 0 aromatic heterocycles. The number of hydrogen-bond acceptors (Lipinski definition) is 4. The molecule has 3 rings (SSSR count). The Kier molecular flexibility index (Phi) is 7.02. The number of nitrogens with zero attached hydrogens (tertiary/aromatic N) is 1. The molecule has 1 amide bonds. The number of carbonyl (C=O) groups is 1. The lowest BCUT2D eigenvalue weighted by molar-refractivity contribution is 0.0635. The minimum Gasteiger partial charge on any atom is -0.493 e. The van der Waals surface area contributed by atoms with E-state index >= 15 is 0 Å². The van der Waals surface area contributed by atoms with Gasteiger partial charge in [-0.15, -0.1) is 0 Å². The summed E-state index contributed by atoms with van der Waals surface area (Å²) in [6, 6.07) is 13.6. The highest BCUT2D eigenvalue weighted by Gasteiger charge is 2.27. The molecule has 5 nitrogen and oxygen atoms in total. The van der Waals surface area contributed by atoms with Gasteiger partial charge in [0.15, 0.2) is 11.5 Å². The van der Waals surface area contributed by atoms with Gasteiger partial charge in [0.05, 0.1) is 19.8 Å². The number of rotatable bonds is 8. The Bertz CT molecular complexity index is 833. The number of carbonyl (C=O) groups excluding carboxylic acids is 1. The Morgan fingerprint density at radius 3 is 2.55 bits per heavy atom. The Morgan fingerprint density at radius 1 is 1.10 bits per heavy atom. The number of amides is 1. The zero-order chi connectivity index (χ0) is 20.8. The minimum atomic E-state index is 0.00265. The van der Waals surface area contributed by atoms with E-state index in [1.807, 2.05) is 62.9 Å². The third-order valence-electron chi connectivity index (χ3n) is 5.09. The van der Waals surface area contributed by atoms with Crippen LogP contribution in [-0.4, -0.2) is 43.2 Å². The zero-order valence-electron chi connectivity index (χ0n) is 17.8. The van der Waals surface area contributed by atoms with Gasteiger partial charge < -0.3 is 19.1 Å². The van der Waals surface area contributed by atoms with Crippen LogP contribution >= 0.6 is 0 Å². The van der Waals surface area contributed by atoms with Gasteiger partial charge >= 0.3 is 0 Å². The van der Waals surface area contributed by atoms with E-state index in [2.05, 4.69) is 6.07 Å². The van der Waals surface area contributed by atoms with Gasteiger partial charge in [0.25, 0.3) is 5.91 Å². The minimum absolute atomic E-state index is 0.00265. The van der Waals surface area contributed by atoms with Crippen molar-refractivity contribution in [3.05, 3.63) is 53.6 Å². The van der Waals surface area contributed by atoms with Crippen molar-refractivity contribution in [3.8, 4) is 17.2 Å². The lowest BCUT2D eigenvalue weighted by Crippen LogP contribution is -2.43. The van der Waals surface area contributed by atoms with Gasteiger partial charge in [-0.1, -0.05) is 18.2 Å². The predicted molar refractivity (Wildman–Crippen MR) is 114 cm³/mol. The Balaban J connectivity index is 1.77. The maximum absolute atomic E-state index is 13.3. The molecule has 0 spiro atoms. The Hall–Kier alpha value is -2.69. The number of benzene rings is 2. The van der Waals surface area contributed by atoms with E-state index in [1.54, 1.807) is 6.07 Å². The third-order valence-corrected chi connectivity index (χ3v) is 5.09. The molecule has 29 heavy (non-hydrogen) atoms. The first kappa shape index (κ1) is 21.0. The van der Waals surface area contributed by atoms with Crippen molar-refractivity contribution >= 4 is 5.91 Å². The zero-order valence-corrected chi connectivity index (χ0v) is 17.8. The van der Waals surface area contributed by atoms with Crippen LogP contribution in [0.3, 0.4) is 0 Å². The molecular formula is C24H31NO4. The molecule has 0 aliphatic carbocycles. The molecule has 1 heterocycles. The highest BCUT2D eigenvalue weighted by molar-refractivity contribution is 5.95. The average Bonchev–Trinajstić information content (AvgIpc) is 2.73. The van der Waals surface area contributed by atoms with Gasteiger partial charge in [-0.05, 0) is 63.9 Å². The van der Waals surface area contributed by atoms with Crippen molar-refractivity contribution in [2.45, 2.75) is 40.2 Å². The summed E-state index contributed by atoms with van der Waals surface area (Å²) in [7, 11) is 0. The van der Waals surface area contributed by atoms with Crippen LogP contribution in [0.2, 0.25) is 0 Å². The molecule has 1 aliphatic heterocycles. The first-order valence-corrected chi connectivity index (χ1v) is 10.4. The van der Waals surface area contributed by atoms with Crippen molar-refractivity contribution in [2.24, 2.45) is 5.92 Å². The summed E-state index contributed by atoms with van der Waals surface area (Å²) in [6.07, 6.45) is 0.917. The number of para-hydroxylation sites is 1. The lowest BCUT2D eigenvalue weighted by atomic mass is 9.95. The summed E-state index contributed by atoms with van der Waals surface area (Å²) in [5.74, 6) is 2.50. The second-order valence-corrected chi connectivity index (χ2v) is 7.57. The summed E-state index contributed by atoms with van der Waals surface area (Å²) >= 11 is 0. The number of hydrogen-bond donors (Lipinski definition) is 0. The van der Waals surface area contributed by atoms with Crippen LogP contribution in [0.1, 0.15) is 43.6 Å². The second-order valence-electron chi connectivity index (χ2n) is 7.57. The second kappa shape index (κ2) is 9.68. The van der Waals surface area contributed by atoms with Gasteiger partial charge in [-0.25, -0.2) is 0 Å². The summed E-state index contributed by atoms with van der Waals surface area (Å²) < 4.78 is 17.2. The van der Waals surface area contributed by atoms with Gasteiger partial charge in [-0.3, -0.25) is 4.79 Å². The van der Waals surface area contributed by atoms with Crippen LogP contribution in [-0.2, 0) is 6.42 Å². The first-order chi connectivity index (χ1) is 14.0. The molecule has 1 aliphatic rings. The van der Waals surface area contributed by atoms with Crippen molar-refractivity contribution in [2.75, 3.05) is 26.4 Å². The third kappa shape index (κ3) is 5.03. The van der Waals surface area contributed by atoms with E-state index in [0.717, 1.165) is 12.2 Å². The summed E-state index contributed by atoms with van der Waals surface area (Å²) in [5, 5.41) is 0. The molecular weight excluding hydrogens is 366 g/mol. The fraction of sp³-hybridized carbons (Fsp3) is 0.458. The maximum Gasteiger partial charge on any atom is 0.254 e. The van der Waals surface area contributed by atoms with Gasteiger partial charge in [0.1, 0.15) is 5.75 Å². The molecule has 0 bridgehead atoms. The molecule has 0 N–H and O–H groups in total. The molecule has 2 aromatic carbocycles. The highest BCUT2D eigenvalue weighted by Crippen LogP contribution is 2.31. The van der Waals surface area contributed by atoms with Crippen LogP contribution in [0.4, 0.5) is 0 Å². The van der Waals surface area contributed by atoms with E-state index in [4.69, 9.17) is 14.2 Å². The fourth-order valence-corrected chi connectivity index (χ4v) is 3.66. The largest absolute Gasteiger partial charge is 0.493 e. The van der Waals surface area contributed by atoms with Crippen LogP contribution < -0.4 is 14.2 Å². The standard InChI is InChI=1S/C24H31NO4/c1-5-27-22-12-11-20(14-23(22)28-6-2)24(26)25(17(3)4)15-18-13-19-9-7-8-10-21(19)29-16-18/h7-12,14,17-18H,5-6,13,15-16H2,1-4H3/t18-/m1/s1. The number of fused-ring (bicyclic) bond motifs is 1. The van der Waals surface area contributed by atoms with Crippen LogP contribution in [0.25, 0.3) is 0 Å². The molecule has 5 heteroatoms. The molecule has 0 radical (unpaired) electrons. The van der Waals surface area contributed by atoms with Crippen molar-refractivity contribution in [3.63, 3.8) is 0 Å². The first-order valence-electron chi connectivity index (χ1n) is 10.4. The van der Waals surface area contributed by atoms with Crippen molar-refractivity contribution < 1.29 is 19.0 Å². The van der Waals surface area contributed by atoms with Crippen molar-refractivity contribution in [1.82, 2.24) is 4.90 Å². The van der Waals surface area contributed by atoms with Gasteiger partial charge in [-0.2, -0.15) is 0 Å². The van der Waals surface area contributed by atoms with E-state index in [1.165, 1.54) is 5.56 Å². The van der Waals surface area contributed by atoms with E-state index < -0.39 is 0 Å². The molecule has 1 atom stereocenters. The fourth-order valence-electron chi connectivity index (χ4n) is 3.66. The van der Waals surface area contributed by atoms with Crippen LogP contribution in [0, 0.1) is 5.92 Å². The molecule has 0 fully saturated rings. The molecule has 0 unspecified atom stereocenters. The Morgan fingerprint density at radius 2 is 1.83 bits per heavy atom. The van der Waals surface area contributed by atoms with E-state index in [-0.39, 0.29) is 17.9 Å². The molecule has 2 aromatic rings. The highest BCUT2D eigenvalue weighted by atomic mass is 16.5. The van der Waals surface area contributed by atoms with E-state index in [0.29, 0.717) is 43.4 Å². The normalized spacial score (nSPS) is 15.4. The summed E-state index contributed by atoms with van der Waals surface area (Å²) in [6.45, 7) is 10.3. The number of ether oxygens (including phenoxy) is 3. The predicted octanol–water partition coefficient (Wildman–Crippen LogP) is 4.59. The SMILES string of the molecule is CCOc1ccc(C(=O)N(C[C@@H]2COc3ccccc3C2)C(C)C)cc1OCC. The molecule has 0 saturated heterocycles. The quantitative estimate of drug-likeness (QED) is 0.654. The van der Waals surface area contributed by atoms with Crippen LogP contribution in [0.5, 0.6) is 17.2 Å². The Labute approximate surface area is 173 Å². The lowest BCUT2D eigenvalue weighted by Gasteiger charge is -2.33. The summed E-state index contributed by atoms with van der Waals surface area (Å²) in [4.78, 5) is 15.2. The topological polar surface area (TPSA) is 48.0 Å². The monoisotopic (exact) mass is 397 g/mol. The van der Waals surface area contributed by atoms with E-state index in [9.17, 15) is 4.79 Å². The smallest absolute Gasteiger partial charge is 0.254 e. The van der Waals surface area contributed by atoms with Gasteiger partial charge in [0, 0.05) is 24.1 Å². The van der Waals surface area contributed by atoms with Crippen molar-refractivity contribution in [1.29, 1.82) is 0 Å². The summed E-state index contributed by atoms with van der Waals surface area (Å²) in [5.41, 5.74) is 1.82.